The Morgan fingerprint density at radius 2 is 2.10 bits per heavy atom. The highest BCUT2D eigenvalue weighted by Gasteiger charge is 2.23. The lowest BCUT2D eigenvalue weighted by atomic mass is 10.1. The van der Waals surface area contributed by atoms with Gasteiger partial charge in [0, 0.05) is 25.6 Å². The van der Waals surface area contributed by atoms with Gasteiger partial charge in [-0.15, -0.1) is 0 Å². The number of benzene rings is 1. The fourth-order valence-corrected chi connectivity index (χ4v) is 2.20. The van der Waals surface area contributed by atoms with Gasteiger partial charge in [0.05, 0.1) is 18.4 Å². The van der Waals surface area contributed by atoms with Crippen molar-refractivity contribution in [3.8, 4) is 0 Å². The summed E-state index contributed by atoms with van der Waals surface area (Å²) in [6, 6.07) is 4.88. The van der Waals surface area contributed by atoms with Gasteiger partial charge in [-0.25, -0.2) is 4.79 Å². The monoisotopic (exact) mass is 276 g/mol. The van der Waals surface area contributed by atoms with Crippen molar-refractivity contribution in [1.29, 1.82) is 0 Å². The van der Waals surface area contributed by atoms with Crippen LogP contribution in [0.3, 0.4) is 0 Å². The van der Waals surface area contributed by atoms with Crippen molar-refractivity contribution in [2.75, 3.05) is 23.9 Å². The Balaban J connectivity index is 2.39. The van der Waals surface area contributed by atoms with Crippen LogP contribution in [0, 0.1) is 0 Å². The van der Waals surface area contributed by atoms with Crippen molar-refractivity contribution in [3.63, 3.8) is 0 Å². The van der Waals surface area contributed by atoms with Crippen LogP contribution in [-0.2, 0) is 14.3 Å². The van der Waals surface area contributed by atoms with Crippen molar-refractivity contribution in [2.24, 2.45) is 0 Å². The molecule has 1 aliphatic rings. The number of hydrogen-bond donors (Lipinski definition) is 1. The van der Waals surface area contributed by atoms with Gasteiger partial charge in [0.1, 0.15) is 0 Å². The van der Waals surface area contributed by atoms with Gasteiger partial charge in [0.25, 0.3) is 0 Å². The smallest absolute Gasteiger partial charge is 0.340 e. The van der Waals surface area contributed by atoms with E-state index in [9.17, 15) is 14.4 Å². The van der Waals surface area contributed by atoms with Crippen molar-refractivity contribution in [1.82, 2.24) is 0 Å². The number of amides is 2. The van der Waals surface area contributed by atoms with Crippen LogP contribution in [0.2, 0.25) is 0 Å². The van der Waals surface area contributed by atoms with E-state index in [1.807, 2.05) is 0 Å². The summed E-state index contributed by atoms with van der Waals surface area (Å²) in [5.41, 5.74) is 1.25. The standard InChI is InChI=1S/C14H16N2O4/c1-9(17)15-12-6-5-10(8-11(12)14(19)20-2)16-7-3-4-13(16)18/h5-6,8H,3-4,7H2,1-2H3,(H,15,17). The van der Waals surface area contributed by atoms with E-state index >= 15 is 0 Å². The van der Waals surface area contributed by atoms with E-state index in [4.69, 9.17) is 4.74 Å². The largest absolute Gasteiger partial charge is 0.465 e. The topological polar surface area (TPSA) is 75.7 Å². The summed E-state index contributed by atoms with van der Waals surface area (Å²) in [5, 5.41) is 2.57. The van der Waals surface area contributed by atoms with E-state index in [2.05, 4.69) is 5.32 Å². The first-order chi connectivity index (χ1) is 9.52. The van der Waals surface area contributed by atoms with Crippen LogP contribution < -0.4 is 10.2 Å². The number of esters is 1. The van der Waals surface area contributed by atoms with E-state index in [0.29, 0.717) is 24.3 Å². The van der Waals surface area contributed by atoms with Gasteiger partial charge in [-0.2, -0.15) is 0 Å². The highest BCUT2D eigenvalue weighted by Crippen LogP contribution is 2.27. The van der Waals surface area contributed by atoms with E-state index in [-0.39, 0.29) is 17.4 Å². The lowest BCUT2D eigenvalue weighted by Gasteiger charge is -2.18. The van der Waals surface area contributed by atoms with Crippen LogP contribution >= 0.6 is 0 Å². The van der Waals surface area contributed by atoms with Crippen molar-refractivity contribution >= 4 is 29.2 Å². The third kappa shape index (κ3) is 2.79. The van der Waals surface area contributed by atoms with Crippen LogP contribution in [0.4, 0.5) is 11.4 Å². The molecule has 0 aromatic heterocycles. The molecule has 0 atom stereocenters. The minimum atomic E-state index is -0.553. The average molecular weight is 276 g/mol. The number of carbonyl (C=O) groups is 3. The molecular formula is C14H16N2O4. The molecule has 1 aromatic carbocycles. The number of carbonyl (C=O) groups excluding carboxylic acids is 3. The van der Waals surface area contributed by atoms with Gasteiger partial charge in [-0.05, 0) is 24.6 Å². The number of hydrogen-bond acceptors (Lipinski definition) is 4. The second-order valence-electron chi connectivity index (χ2n) is 4.55. The summed E-state index contributed by atoms with van der Waals surface area (Å²) in [6.07, 6.45) is 1.32. The molecule has 1 fully saturated rings. The van der Waals surface area contributed by atoms with E-state index in [0.717, 1.165) is 6.42 Å². The molecule has 0 spiro atoms. The normalized spacial score (nSPS) is 14.3. The Morgan fingerprint density at radius 3 is 2.65 bits per heavy atom. The Labute approximate surface area is 116 Å². The molecule has 6 nitrogen and oxygen atoms in total. The third-order valence-corrected chi connectivity index (χ3v) is 3.10. The zero-order chi connectivity index (χ0) is 14.7. The van der Waals surface area contributed by atoms with Crippen LogP contribution in [0.15, 0.2) is 18.2 Å². The number of anilines is 2. The maximum Gasteiger partial charge on any atom is 0.340 e. The molecule has 1 aliphatic heterocycles. The molecule has 0 saturated carbocycles. The fourth-order valence-electron chi connectivity index (χ4n) is 2.20. The number of rotatable bonds is 3. The lowest BCUT2D eigenvalue weighted by molar-refractivity contribution is -0.117. The SMILES string of the molecule is COC(=O)c1cc(N2CCCC2=O)ccc1NC(C)=O. The first-order valence-electron chi connectivity index (χ1n) is 6.33. The van der Waals surface area contributed by atoms with Gasteiger partial charge in [-0.1, -0.05) is 0 Å². The Morgan fingerprint density at radius 1 is 1.35 bits per heavy atom. The molecule has 1 aromatic rings. The molecule has 106 valence electrons. The molecule has 1 saturated heterocycles. The van der Waals surface area contributed by atoms with Gasteiger partial charge >= 0.3 is 5.97 Å². The highest BCUT2D eigenvalue weighted by molar-refractivity contribution is 6.03. The number of ether oxygens (including phenoxy) is 1. The molecule has 20 heavy (non-hydrogen) atoms. The van der Waals surface area contributed by atoms with Gasteiger partial charge in [0.2, 0.25) is 11.8 Å². The second-order valence-corrected chi connectivity index (χ2v) is 4.55. The quantitative estimate of drug-likeness (QED) is 0.850. The van der Waals surface area contributed by atoms with E-state index in [1.165, 1.54) is 14.0 Å². The number of nitrogens with one attached hydrogen (secondary N) is 1. The van der Waals surface area contributed by atoms with Gasteiger partial charge < -0.3 is 15.0 Å². The summed E-state index contributed by atoms with van der Waals surface area (Å²) in [6.45, 7) is 2.00. The Bertz CT molecular complexity index is 568. The summed E-state index contributed by atoms with van der Waals surface area (Å²) in [7, 11) is 1.27. The van der Waals surface area contributed by atoms with Crippen molar-refractivity contribution in [3.05, 3.63) is 23.8 Å². The second kappa shape index (κ2) is 5.73. The Hall–Kier alpha value is -2.37. The van der Waals surface area contributed by atoms with Gasteiger partial charge in [-0.3, -0.25) is 9.59 Å². The van der Waals surface area contributed by atoms with E-state index < -0.39 is 5.97 Å². The molecule has 0 bridgehead atoms. The zero-order valence-electron chi connectivity index (χ0n) is 11.4. The molecule has 2 rings (SSSR count). The number of methoxy groups -OCH3 is 1. The third-order valence-electron chi connectivity index (χ3n) is 3.10. The van der Waals surface area contributed by atoms with Crippen LogP contribution in [-0.4, -0.2) is 31.4 Å². The van der Waals surface area contributed by atoms with Crippen LogP contribution in [0.5, 0.6) is 0 Å². The average Bonchev–Trinajstić information content (AvgIpc) is 2.84. The molecule has 1 heterocycles. The fraction of sp³-hybridized carbons (Fsp3) is 0.357. The number of nitrogens with zero attached hydrogens (tertiary/aromatic N) is 1. The van der Waals surface area contributed by atoms with Crippen LogP contribution in [0.25, 0.3) is 0 Å². The maximum atomic E-state index is 11.8. The summed E-state index contributed by atoms with van der Waals surface area (Å²) in [4.78, 5) is 36.3. The maximum absolute atomic E-state index is 11.8. The molecular weight excluding hydrogens is 260 g/mol. The summed E-state index contributed by atoms with van der Waals surface area (Å²) < 4.78 is 4.71. The lowest BCUT2D eigenvalue weighted by Crippen LogP contribution is -2.24. The summed E-state index contributed by atoms with van der Waals surface area (Å²) >= 11 is 0. The Kier molecular flexibility index (Phi) is 4.02. The van der Waals surface area contributed by atoms with Crippen molar-refractivity contribution < 1.29 is 19.1 Å². The minimum absolute atomic E-state index is 0.0353. The van der Waals surface area contributed by atoms with Gasteiger partial charge in [0.15, 0.2) is 0 Å². The molecule has 0 unspecified atom stereocenters. The molecule has 1 N–H and O–H groups in total. The zero-order valence-corrected chi connectivity index (χ0v) is 11.4. The summed E-state index contributed by atoms with van der Waals surface area (Å²) in [5.74, 6) is -0.796. The minimum Gasteiger partial charge on any atom is -0.465 e. The predicted octanol–water partition coefficient (Wildman–Crippen LogP) is 1.56. The molecule has 0 aliphatic carbocycles. The predicted molar refractivity (Wildman–Crippen MR) is 73.7 cm³/mol. The highest BCUT2D eigenvalue weighted by atomic mass is 16.5. The molecule has 0 radical (unpaired) electrons. The first kappa shape index (κ1) is 14.0. The van der Waals surface area contributed by atoms with Crippen molar-refractivity contribution in [2.45, 2.75) is 19.8 Å². The first-order valence-corrected chi connectivity index (χ1v) is 6.33. The van der Waals surface area contributed by atoms with E-state index in [1.54, 1.807) is 23.1 Å². The molecule has 2 amide bonds. The molecule has 6 heteroatoms. The van der Waals surface area contributed by atoms with Crippen LogP contribution in [0.1, 0.15) is 30.1 Å².